The minimum atomic E-state index is 0.511. The van der Waals surface area contributed by atoms with Gasteiger partial charge in [0, 0.05) is 22.8 Å². The number of hydrogen-bond acceptors (Lipinski definition) is 4. The molecule has 106 valence electrons. The number of halogens is 1. The topological polar surface area (TPSA) is 50.7 Å². The van der Waals surface area contributed by atoms with Gasteiger partial charge in [0.25, 0.3) is 0 Å². The first-order valence-electron chi connectivity index (χ1n) is 6.89. The highest BCUT2D eigenvalue weighted by molar-refractivity contribution is 6.30. The summed E-state index contributed by atoms with van der Waals surface area (Å²) in [4.78, 5) is 12.7. The van der Waals surface area contributed by atoms with Crippen molar-refractivity contribution in [3.05, 3.63) is 53.6 Å². The summed E-state index contributed by atoms with van der Waals surface area (Å²) in [6.45, 7) is 2.11. The maximum Gasteiger partial charge on any atom is 0.138 e. The zero-order valence-corrected chi connectivity index (χ0v) is 12.4. The highest BCUT2D eigenvalue weighted by atomic mass is 35.5. The Labute approximate surface area is 128 Å². The van der Waals surface area contributed by atoms with Crippen molar-refractivity contribution in [2.45, 2.75) is 19.8 Å². The molecule has 0 spiro atoms. The van der Waals surface area contributed by atoms with Gasteiger partial charge in [0.2, 0.25) is 0 Å². The van der Waals surface area contributed by atoms with Gasteiger partial charge in [-0.1, -0.05) is 31.0 Å². The quantitative estimate of drug-likeness (QED) is 0.726. The van der Waals surface area contributed by atoms with Crippen molar-refractivity contribution in [2.24, 2.45) is 0 Å². The van der Waals surface area contributed by atoms with E-state index in [1.807, 2.05) is 30.3 Å². The lowest BCUT2D eigenvalue weighted by Crippen LogP contribution is -2.01. The van der Waals surface area contributed by atoms with Crippen LogP contribution in [-0.2, 0) is 6.42 Å². The molecule has 0 radical (unpaired) electrons. The lowest BCUT2D eigenvalue weighted by Gasteiger charge is -2.11. The molecule has 0 saturated carbocycles. The highest BCUT2D eigenvalue weighted by Gasteiger charge is 2.09. The Morgan fingerprint density at radius 3 is 2.90 bits per heavy atom. The molecule has 0 aliphatic carbocycles. The van der Waals surface area contributed by atoms with Gasteiger partial charge in [-0.05, 0) is 30.7 Å². The molecule has 3 rings (SSSR count). The van der Waals surface area contributed by atoms with E-state index in [9.17, 15) is 0 Å². The van der Waals surface area contributed by atoms with Crippen LogP contribution in [-0.4, -0.2) is 15.0 Å². The molecule has 0 aliphatic rings. The van der Waals surface area contributed by atoms with Crippen LogP contribution in [0.15, 0.2) is 42.9 Å². The largest absolute Gasteiger partial charge is 0.340 e. The number of aromatic nitrogens is 3. The van der Waals surface area contributed by atoms with E-state index in [-0.39, 0.29) is 0 Å². The number of rotatable bonds is 4. The molecule has 4 nitrogen and oxygen atoms in total. The third kappa shape index (κ3) is 2.95. The van der Waals surface area contributed by atoms with Gasteiger partial charge in [0.15, 0.2) is 0 Å². The molecule has 0 atom stereocenters. The first-order chi connectivity index (χ1) is 10.3. The van der Waals surface area contributed by atoms with Crippen LogP contribution >= 0.6 is 11.6 Å². The van der Waals surface area contributed by atoms with Gasteiger partial charge in [-0.15, -0.1) is 0 Å². The maximum atomic E-state index is 6.17. The highest BCUT2D eigenvalue weighted by Crippen LogP contribution is 2.26. The van der Waals surface area contributed by atoms with Crippen molar-refractivity contribution in [1.82, 2.24) is 15.0 Å². The Morgan fingerprint density at radius 2 is 2.05 bits per heavy atom. The minimum absolute atomic E-state index is 0.511. The Kier molecular flexibility index (Phi) is 3.97. The molecule has 21 heavy (non-hydrogen) atoms. The van der Waals surface area contributed by atoms with E-state index in [1.54, 1.807) is 6.20 Å². The SMILES string of the molecule is CCCc1c(Cl)ncnc1Nc1ccc2ncccc2c1. The number of hydrogen-bond donors (Lipinski definition) is 1. The molecule has 5 heteroatoms. The lowest BCUT2D eigenvalue weighted by molar-refractivity contribution is 0.904. The average Bonchev–Trinajstić information content (AvgIpc) is 2.51. The van der Waals surface area contributed by atoms with Crippen LogP contribution in [0.3, 0.4) is 0 Å². The molecule has 3 aromatic rings. The fraction of sp³-hybridized carbons (Fsp3) is 0.188. The molecular weight excluding hydrogens is 284 g/mol. The first-order valence-corrected chi connectivity index (χ1v) is 7.27. The second-order valence-electron chi connectivity index (χ2n) is 4.78. The summed E-state index contributed by atoms with van der Waals surface area (Å²) in [7, 11) is 0. The van der Waals surface area contributed by atoms with E-state index in [1.165, 1.54) is 6.33 Å². The van der Waals surface area contributed by atoms with Crippen molar-refractivity contribution < 1.29 is 0 Å². The van der Waals surface area contributed by atoms with Crippen LogP contribution in [0.5, 0.6) is 0 Å². The summed E-state index contributed by atoms with van der Waals surface area (Å²) in [5, 5.41) is 4.92. The molecule has 0 fully saturated rings. The van der Waals surface area contributed by atoms with Crippen molar-refractivity contribution in [1.29, 1.82) is 0 Å². The van der Waals surface area contributed by atoms with E-state index >= 15 is 0 Å². The normalized spacial score (nSPS) is 10.8. The van der Waals surface area contributed by atoms with Gasteiger partial charge in [0.1, 0.15) is 17.3 Å². The molecule has 1 aromatic carbocycles. The molecule has 0 saturated heterocycles. The van der Waals surface area contributed by atoms with Crippen molar-refractivity contribution in [3.63, 3.8) is 0 Å². The van der Waals surface area contributed by atoms with Crippen LogP contribution in [0.1, 0.15) is 18.9 Å². The van der Waals surface area contributed by atoms with E-state index in [4.69, 9.17) is 11.6 Å². The van der Waals surface area contributed by atoms with Crippen LogP contribution in [0.25, 0.3) is 10.9 Å². The van der Waals surface area contributed by atoms with Crippen molar-refractivity contribution in [3.8, 4) is 0 Å². The molecule has 0 bridgehead atoms. The molecular formula is C16H15ClN4. The van der Waals surface area contributed by atoms with Crippen LogP contribution in [0.2, 0.25) is 5.15 Å². The monoisotopic (exact) mass is 298 g/mol. The van der Waals surface area contributed by atoms with Crippen LogP contribution in [0, 0.1) is 0 Å². The minimum Gasteiger partial charge on any atom is -0.340 e. The third-order valence-electron chi connectivity index (χ3n) is 3.26. The Hall–Kier alpha value is -2.20. The third-order valence-corrected chi connectivity index (χ3v) is 3.58. The van der Waals surface area contributed by atoms with Gasteiger partial charge in [-0.2, -0.15) is 0 Å². The Morgan fingerprint density at radius 1 is 1.14 bits per heavy atom. The van der Waals surface area contributed by atoms with E-state index < -0.39 is 0 Å². The predicted molar refractivity (Wildman–Crippen MR) is 86.1 cm³/mol. The second kappa shape index (κ2) is 6.06. The van der Waals surface area contributed by atoms with Gasteiger partial charge in [-0.25, -0.2) is 9.97 Å². The summed E-state index contributed by atoms with van der Waals surface area (Å²) >= 11 is 6.17. The number of benzene rings is 1. The van der Waals surface area contributed by atoms with Crippen molar-refractivity contribution in [2.75, 3.05) is 5.32 Å². The first kappa shape index (κ1) is 13.8. The molecule has 1 N–H and O–H groups in total. The van der Waals surface area contributed by atoms with E-state index in [2.05, 4.69) is 27.2 Å². The zero-order valence-electron chi connectivity index (χ0n) is 11.7. The number of nitrogens with zero attached hydrogens (tertiary/aromatic N) is 3. The van der Waals surface area contributed by atoms with Gasteiger partial charge in [-0.3, -0.25) is 4.98 Å². The predicted octanol–water partition coefficient (Wildman–Crippen LogP) is 4.37. The summed E-state index contributed by atoms with van der Waals surface area (Å²) in [6.07, 6.45) is 5.10. The summed E-state index contributed by atoms with van der Waals surface area (Å²) in [5.74, 6) is 0.764. The molecule has 2 aromatic heterocycles. The summed E-state index contributed by atoms with van der Waals surface area (Å²) in [6, 6.07) is 9.98. The molecule has 2 heterocycles. The van der Waals surface area contributed by atoms with Crippen LogP contribution in [0.4, 0.5) is 11.5 Å². The lowest BCUT2D eigenvalue weighted by atomic mass is 10.1. The number of pyridine rings is 1. The average molecular weight is 299 g/mol. The molecule has 0 unspecified atom stereocenters. The van der Waals surface area contributed by atoms with E-state index in [0.29, 0.717) is 5.15 Å². The van der Waals surface area contributed by atoms with Crippen LogP contribution < -0.4 is 5.32 Å². The zero-order chi connectivity index (χ0) is 14.7. The second-order valence-corrected chi connectivity index (χ2v) is 5.14. The van der Waals surface area contributed by atoms with Crippen molar-refractivity contribution >= 4 is 34.0 Å². The maximum absolute atomic E-state index is 6.17. The molecule has 0 amide bonds. The summed E-state index contributed by atoms with van der Waals surface area (Å²) in [5.41, 5.74) is 2.88. The Bertz CT molecular complexity index is 773. The van der Waals surface area contributed by atoms with Gasteiger partial charge in [0.05, 0.1) is 5.52 Å². The fourth-order valence-electron chi connectivity index (χ4n) is 2.26. The van der Waals surface area contributed by atoms with Gasteiger partial charge >= 0.3 is 0 Å². The molecule has 0 aliphatic heterocycles. The standard InChI is InChI=1S/C16H15ClN4/c1-2-4-13-15(17)19-10-20-16(13)21-12-6-7-14-11(9-12)5-3-8-18-14/h3,5-10H,2,4H2,1H3,(H,19,20,21). The number of anilines is 2. The number of fused-ring (bicyclic) bond motifs is 1. The smallest absolute Gasteiger partial charge is 0.138 e. The Balaban J connectivity index is 1.96. The summed E-state index contributed by atoms with van der Waals surface area (Å²) < 4.78 is 0. The van der Waals surface area contributed by atoms with Gasteiger partial charge < -0.3 is 5.32 Å². The van der Waals surface area contributed by atoms with E-state index in [0.717, 1.165) is 40.8 Å². The number of nitrogens with one attached hydrogen (secondary N) is 1. The fourth-order valence-corrected chi connectivity index (χ4v) is 2.49.